The zero-order valence-electron chi connectivity index (χ0n) is 14.7. The number of amides is 2. The van der Waals surface area contributed by atoms with Gasteiger partial charge < -0.3 is 15.5 Å². The normalized spacial score (nSPS) is 30.0. The maximum atomic E-state index is 12.2. The van der Waals surface area contributed by atoms with Crippen molar-refractivity contribution in [2.45, 2.75) is 50.0 Å². The molecule has 1 spiro atoms. The van der Waals surface area contributed by atoms with Crippen LogP contribution < -0.4 is 10.6 Å². The number of rotatable bonds is 3. The molecule has 2 fully saturated rings. The van der Waals surface area contributed by atoms with Crippen molar-refractivity contribution >= 4 is 6.03 Å². The zero-order chi connectivity index (χ0) is 16.6. The number of hydrogen-bond acceptors (Lipinski definition) is 2. The SMILES string of the molecule is CN1CCC(NC(=O)NCC2CC23CCCc2ccccc23)CC1. The molecule has 130 valence electrons. The van der Waals surface area contributed by atoms with Gasteiger partial charge in [-0.05, 0) is 75.7 Å². The Labute approximate surface area is 145 Å². The van der Waals surface area contributed by atoms with Crippen LogP contribution in [-0.2, 0) is 11.8 Å². The molecule has 1 aliphatic heterocycles. The number of benzene rings is 1. The highest BCUT2D eigenvalue weighted by Gasteiger charge is 2.56. The summed E-state index contributed by atoms with van der Waals surface area (Å²) in [5.74, 6) is 0.613. The molecule has 4 heteroatoms. The summed E-state index contributed by atoms with van der Waals surface area (Å²) in [6, 6.07) is 9.28. The van der Waals surface area contributed by atoms with E-state index in [1.54, 1.807) is 5.56 Å². The number of nitrogens with one attached hydrogen (secondary N) is 2. The average Bonchev–Trinajstić information content (AvgIpc) is 3.29. The van der Waals surface area contributed by atoms with Crippen molar-refractivity contribution < 1.29 is 4.79 Å². The molecule has 1 aromatic rings. The fraction of sp³-hybridized carbons (Fsp3) is 0.650. The van der Waals surface area contributed by atoms with Crippen LogP contribution >= 0.6 is 0 Å². The molecule has 0 radical (unpaired) electrons. The molecule has 2 atom stereocenters. The molecule has 4 nitrogen and oxygen atoms in total. The van der Waals surface area contributed by atoms with Gasteiger partial charge in [0.1, 0.15) is 0 Å². The average molecular weight is 327 g/mol. The van der Waals surface area contributed by atoms with Crippen LogP contribution in [0.1, 0.15) is 43.2 Å². The molecule has 1 aromatic carbocycles. The summed E-state index contributed by atoms with van der Waals surface area (Å²) in [6.45, 7) is 2.97. The van der Waals surface area contributed by atoms with Gasteiger partial charge in [0.15, 0.2) is 0 Å². The van der Waals surface area contributed by atoms with Crippen LogP contribution in [0.2, 0.25) is 0 Å². The molecular formula is C20H29N3O. The van der Waals surface area contributed by atoms with Gasteiger partial charge in [0.2, 0.25) is 0 Å². The van der Waals surface area contributed by atoms with Crippen molar-refractivity contribution in [1.29, 1.82) is 0 Å². The standard InChI is InChI=1S/C20H29N3O/c1-23-11-8-17(9-12-23)22-19(24)21-14-16-13-20(16)10-4-6-15-5-2-3-7-18(15)20/h2-3,5,7,16-17H,4,6,8-14H2,1H3,(H2,21,22,24). The lowest BCUT2D eigenvalue weighted by Crippen LogP contribution is -2.47. The summed E-state index contributed by atoms with van der Waals surface area (Å²) < 4.78 is 0. The summed E-state index contributed by atoms with van der Waals surface area (Å²) >= 11 is 0. The summed E-state index contributed by atoms with van der Waals surface area (Å²) in [4.78, 5) is 14.5. The predicted octanol–water partition coefficient (Wildman–Crippen LogP) is 2.67. The highest BCUT2D eigenvalue weighted by Crippen LogP contribution is 2.59. The number of likely N-dealkylation sites (tertiary alicyclic amines) is 1. The Bertz CT molecular complexity index is 609. The second-order valence-corrected chi connectivity index (χ2v) is 8.00. The van der Waals surface area contributed by atoms with Crippen LogP contribution in [-0.4, -0.2) is 43.7 Å². The van der Waals surface area contributed by atoms with E-state index in [-0.39, 0.29) is 6.03 Å². The molecule has 1 saturated carbocycles. The maximum absolute atomic E-state index is 12.2. The number of piperidine rings is 1. The Kier molecular flexibility index (Phi) is 4.25. The highest BCUT2D eigenvalue weighted by atomic mass is 16.2. The van der Waals surface area contributed by atoms with E-state index in [2.05, 4.69) is 46.8 Å². The van der Waals surface area contributed by atoms with Crippen LogP contribution in [0.15, 0.2) is 24.3 Å². The van der Waals surface area contributed by atoms with Crippen LogP contribution in [0.3, 0.4) is 0 Å². The Balaban J connectivity index is 1.29. The quantitative estimate of drug-likeness (QED) is 0.896. The second kappa shape index (κ2) is 6.40. The maximum Gasteiger partial charge on any atom is 0.315 e. The van der Waals surface area contributed by atoms with E-state index in [1.165, 1.54) is 31.2 Å². The first kappa shape index (κ1) is 15.9. The topological polar surface area (TPSA) is 44.4 Å². The van der Waals surface area contributed by atoms with Crippen LogP contribution in [0.25, 0.3) is 0 Å². The molecule has 0 aromatic heterocycles. The molecule has 2 aliphatic carbocycles. The number of fused-ring (bicyclic) bond motifs is 2. The first-order chi connectivity index (χ1) is 11.7. The van der Waals surface area contributed by atoms with Crippen molar-refractivity contribution in [1.82, 2.24) is 15.5 Å². The molecule has 4 rings (SSSR count). The molecule has 2 unspecified atom stereocenters. The Hall–Kier alpha value is -1.55. The second-order valence-electron chi connectivity index (χ2n) is 8.00. The summed E-state index contributed by atoms with van der Waals surface area (Å²) in [5.41, 5.74) is 3.44. The zero-order valence-corrected chi connectivity index (χ0v) is 14.7. The Morgan fingerprint density at radius 2 is 2.08 bits per heavy atom. The molecule has 1 heterocycles. The van der Waals surface area contributed by atoms with Gasteiger partial charge >= 0.3 is 6.03 Å². The van der Waals surface area contributed by atoms with E-state index in [1.807, 2.05) is 0 Å². The third-order valence-electron chi connectivity index (χ3n) is 6.42. The first-order valence-corrected chi connectivity index (χ1v) is 9.49. The molecular weight excluding hydrogens is 298 g/mol. The minimum atomic E-state index is 0.0238. The minimum absolute atomic E-state index is 0.0238. The number of nitrogens with zero attached hydrogens (tertiary/aromatic N) is 1. The van der Waals surface area contributed by atoms with E-state index in [9.17, 15) is 4.79 Å². The fourth-order valence-corrected chi connectivity index (χ4v) is 4.84. The lowest BCUT2D eigenvalue weighted by molar-refractivity contribution is 0.213. The highest BCUT2D eigenvalue weighted by molar-refractivity contribution is 5.74. The molecule has 1 saturated heterocycles. The van der Waals surface area contributed by atoms with E-state index < -0.39 is 0 Å². The first-order valence-electron chi connectivity index (χ1n) is 9.49. The van der Waals surface area contributed by atoms with Gasteiger partial charge in [-0.3, -0.25) is 0 Å². The fourth-order valence-electron chi connectivity index (χ4n) is 4.84. The van der Waals surface area contributed by atoms with Crippen LogP contribution in [0.4, 0.5) is 4.79 Å². The molecule has 2 amide bonds. The van der Waals surface area contributed by atoms with Gasteiger partial charge in [0.05, 0.1) is 0 Å². The van der Waals surface area contributed by atoms with Crippen molar-refractivity contribution in [3.8, 4) is 0 Å². The van der Waals surface area contributed by atoms with Crippen molar-refractivity contribution in [3.05, 3.63) is 35.4 Å². The van der Waals surface area contributed by atoms with E-state index in [0.29, 0.717) is 17.4 Å². The summed E-state index contributed by atoms with van der Waals surface area (Å²) in [5, 5.41) is 6.30. The Morgan fingerprint density at radius 1 is 1.29 bits per heavy atom. The molecule has 24 heavy (non-hydrogen) atoms. The summed E-state index contributed by atoms with van der Waals surface area (Å²) in [6.07, 6.45) is 7.14. The smallest absolute Gasteiger partial charge is 0.315 e. The number of hydrogen-bond donors (Lipinski definition) is 2. The van der Waals surface area contributed by atoms with E-state index >= 15 is 0 Å². The van der Waals surface area contributed by atoms with Gasteiger partial charge in [-0.1, -0.05) is 24.3 Å². The molecule has 3 aliphatic rings. The third kappa shape index (κ3) is 3.04. The van der Waals surface area contributed by atoms with Gasteiger partial charge in [-0.2, -0.15) is 0 Å². The Morgan fingerprint density at radius 3 is 2.92 bits per heavy atom. The monoisotopic (exact) mass is 327 g/mol. The largest absolute Gasteiger partial charge is 0.338 e. The van der Waals surface area contributed by atoms with Gasteiger partial charge in [-0.25, -0.2) is 4.79 Å². The van der Waals surface area contributed by atoms with Crippen LogP contribution in [0.5, 0.6) is 0 Å². The van der Waals surface area contributed by atoms with Gasteiger partial charge in [0.25, 0.3) is 0 Å². The minimum Gasteiger partial charge on any atom is -0.338 e. The summed E-state index contributed by atoms with van der Waals surface area (Å²) in [7, 11) is 2.14. The van der Waals surface area contributed by atoms with E-state index in [0.717, 1.165) is 32.5 Å². The number of carbonyl (C=O) groups excluding carboxylic acids is 1. The predicted molar refractivity (Wildman–Crippen MR) is 96.2 cm³/mol. The lowest BCUT2D eigenvalue weighted by Gasteiger charge is -2.29. The number of aryl methyl sites for hydroxylation is 1. The lowest BCUT2D eigenvalue weighted by atomic mass is 9.78. The van der Waals surface area contributed by atoms with Crippen molar-refractivity contribution in [3.63, 3.8) is 0 Å². The van der Waals surface area contributed by atoms with E-state index in [4.69, 9.17) is 0 Å². The van der Waals surface area contributed by atoms with Crippen molar-refractivity contribution in [2.75, 3.05) is 26.7 Å². The number of carbonyl (C=O) groups is 1. The number of urea groups is 1. The molecule has 0 bridgehead atoms. The third-order valence-corrected chi connectivity index (χ3v) is 6.42. The van der Waals surface area contributed by atoms with Crippen LogP contribution in [0, 0.1) is 5.92 Å². The van der Waals surface area contributed by atoms with Gasteiger partial charge in [-0.15, -0.1) is 0 Å². The van der Waals surface area contributed by atoms with Gasteiger partial charge in [0, 0.05) is 18.0 Å². The van der Waals surface area contributed by atoms with Crippen molar-refractivity contribution in [2.24, 2.45) is 5.92 Å². The molecule has 2 N–H and O–H groups in total.